The summed E-state index contributed by atoms with van der Waals surface area (Å²) in [7, 11) is 0. The van der Waals surface area contributed by atoms with Crippen molar-refractivity contribution in [3.8, 4) is 0 Å². The average molecular weight is 308 g/mol. The molecule has 1 N–H and O–H groups in total. The molecule has 0 bridgehead atoms. The molecule has 1 aliphatic heterocycles. The Labute approximate surface area is 106 Å². The number of thioether (sulfide) groups is 1. The lowest BCUT2D eigenvalue weighted by Crippen LogP contribution is -2.26. The Hall–Kier alpha value is -0.290. The highest BCUT2D eigenvalue weighted by molar-refractivity contribution is 9.10. The first-order chi connectivity index (χ1) is 7.66. The summed E-state index contributed by atoms with van der Waals surface area (Å²) in [6.07, 6.45) is 2.07. The first kappa shape index (κ1) is 12.2. The highest BCUT2D eigenvalue weighted by Gasteiger charge is 2.17. The topological polar surface area (TPSA) is 12.0 Å². The minimum Gasteiger partial charge on any atom is -0.377 e. The second-order valence-corrected chi connectivity index (χ2v) is 5.87. The molecule has 1 saturated heterocycles. The van der Waals surface area contributed by atoms with Gasteiger partial charge in [-0.1, -0.05) is 15.9 Å². The van der Waals surface area contributed by atoms with E-state index in [2.05, 4.69) is 21.2 Å². The molecule has 0 saturated carbocycles. The minimum absolute atomic E-state index is 0.00398. The van der Waals surface area contributed by atoms with Crippen molar-refractivity contribution in [3.63, 3.8) is 0 Å². The van der Waals surface area contributed by atoms with Crippen LogP contribution in [0.1, 0.15) is 12.8 Å². The number of anilines is 1. The maximum Gasteiger partial charge on any atom is 0.150 e. The van der Waals surface area contributed by atoms with Crippen LogP contribution in [0.4, 0.5) is 14.5 Å². The first-order valence-corrected chi connectivity index (χ1v) is 7.10. The lowest BCUT2D eigenvalue weighted by atomic mass is 10.1. The van der Waals surface area contributed by atoms with E-state index >= 15 is 0 Å². The molecule has 0 amide bonds. The minimum atomic E-state index is -0.539. The van der Waals surface area contributed by atoms with Gasteiger partial charge in [0, 0.05) is 16.3 Å². The second kappa shape index (κ2) is 5.36. The van der Waals surface area contributed by atoms with Crippen molar-refractivity contribution >= 4 is 33.4 Å². The molecule has 1 fully saturated rings. The van der Waals surface area contributed by atoms with E-state index in [1.807, 2.05) is 11.8 Å². The molecule has 1 aromatic carbocycles. The Kier molecular flexibility index (Phi) is 4.08. The van der Waals surface area contributed by atoms with Crippen molar-refractivity contribution in [1.29, 1.82) is 0 Å². The van der Waals surface area contributed by atoms with Gasteiger partial charge in [-0.2, -0.15) is 11.8 Å². The summed E-state index contributed by atoms with van der Waals surface area (Å²) >= 11 is 4.88. The fourth-order valence-corrected chi connectivity index (χ4v) is 3.21. The molecule has 16 heavy (non-hydrogen) atoms. The lowest BCUT2D eigenvalue weighted by molar-refractivity contribution is 0.577. The van der Waals surface area contributed by atoms with E-state index in [0.717, 1.165) is 24.3 Å². The zero-order valence-electron chi connectivity index (χ0n) is 8.60. The van der Waals surface area contributed by atoms with Gasteiger partial charge in [0.2, 0.25) is 0 Å². The largest absolute Gasteiger partial charge is 0.377 e. The highest BCUT2D eigenvalue weighted by atomic mass is 79.9. The average Bonchev–Trinajstić information content (AvgIpc) is 2.25. The number of benzene rings is 1. The molecule has 0 aromatic heterocycles. The molecule has 1 nitrogen and oxygen atoms in total. The van der Waals surface area contributed by atoms with E-state index in [9.17, 15) is 8.78 Å². The van der Waals surface area contributed by atoms with E-state index in [0.29, 0.717) is 4.47 Å². The highest BCUT2D eigenvalue weighted by Crippen LogP contribution is 2.27. The third-order valence-electron chi connectivity index (χ3n) is 2.52. The van der Waals surface area contributed by atoms with Crippen molar-refractivity contribution in [2.24, 2.45) is 0 Å². The molecule has 0 aliphatic carbocycles. The zero-order valence-corrected chi connectivity index (χ0v) is 11.0. The molecule has 88 valence electrons. The van der Waals surface area contributed by atoms with Gasteiger partial charge in [-0.3, -0.25) is 0 Å². The van der Waals surface area contributed by atoms with E-state index in [4.69, 9.17) is 0 Å². The quantitative estimate of drug-likeness (QED) is 0.885. The molecule has 1 atom stereocenters. The monoisotopic (exact) mass is 307 g/mol. The van der Waals surface area contributed by atoms with Crippen molar-refractivity contribution < 1.29 is 8.78 Å². The van der Waals surface area contributed by atoms with Crippen molar-refractivity contribution in [3.05, 3.63) is 28.2 Å². The predicted molar refractivity (Wildman–Crippen MR) is 68.0 cm³/mol. The summed E-state index contributed by atoms with van der Waals surface area (Å²) in [6.45, 7) is 0. The maximum atomic E-state index is 13.5. The van der Waals surface area contributed by atoms with Gasteiger partial charge < -0.3 is 5.32 Å². The predicted octanol–water partition coefficient (Wildman–Crippen LogP) is 4.03. The summed E-state index contributed by atoms with van der Waals surface area (Å²) < 4.78 is 27.5. The zero-order chi connectivity index (χ0) is 11.5. The number of rotatable bonds is 2. The molecule has 0 radical (unpaired) electrons. The summed E-state index contributed by atoms with van der Waals surface area (Å²) in [5.41, 5.74) is -0.00398. The van der Waals surface area contributed by atoms with Gasteiger partial charge in [0.25, 0.3) is 0 Å². The van der Waals surface area contributed by atoms with Gasteiger partial charge >= 0.3 is 0 Å². The van der Waals surface area contributed by atoms with Crippen molar-refractivity contribution in [2.75, 3.05) is 16.8 Å². The Morgan fingerprint density at radius 2 is 2.00 bits per heavy atom. The van der Waals surface area contributed by atoms with E-state index < -0.39 is 11.6 Å². The standard InChI is InChI=1S/C11H12BrF2NS/c12-7-4-9(13)11(10(14)5-7)15-8-2-1-3-16-6-8/h4-5,8,15H,1-3,6H2. The molecular weight excluding hydrogens is 296 g/mol. The molecule has 1 heterocycles. The molecule has 2 rings (SSSR count). The van der Waals surface area contributed by atoms with E-state index in [-0.39, 0.29) is 11.7 Å². The van der Waals surface area contributed by atoms with Crippen LogP contribution in [0.25, 0.3) is 0 Å². The fourth-order valence-electron chi connectivity index (χ4n) is 1.74. The van der Waals surface area contributed by atoms with E-state index in [1.54, 1.807) is 0 Å². The summed E-state index contributed by atoms with van der Waals surface area (Å²) in [5.74, 6) is 0.975. The van der Waals surface area contributed by atoms with Crippen molar-refractivity contribution in [1.82, 2.24) is 0 Å². The normalized spacial score (nSPS) is 20.8. The summed E-state index contributed by atoms with van der Waals surface area (Å²) in [6, 6.07) is 2.73. The second-order valence-electron chi connectivity index (χ2n) is 3.80. The first-order valence-electron chi connectivity index (χ1n) is 5.15. The fraction of sp³-hybridized carbons (Fsp3) is 0.455. The van der Waals surface area contributed by atoms with Crippen LogP contribution in [0.5, 0.6) is 0 Å². The van der Waals surface area contributed by atoms with Gasteiger partial charge in [-0.25, -0.2) is 8.78 Å². The third kappa shape index (κ3) is 2.88. The molecule has 0 spiro atoms. The van der Waals surface area contributed by atoms with Crippen LogP contribution in [0.15, 0.2) is 16.6 Å². The van der Waals surface area contributed by atoms with Gasteiger partial charge in [-0.15, -0.1) is 0 Å². The molecule has 1 unspecified atom stereocenters. The maximum absolute atomic E-state index is 13.5. The number of hydrogen-bond acceptors (Lipinski definition) is 2. The summed E-state index contributed by atoms with van der Waals surface area (Å²) in [5, 5.41) is 2.95. The molecule has 5 heteroatoms. The van der Waals surface area contributed by atoms with Crippen LogP contribution in [0.3, 0.4) is 0 Å². The lowest BCUT2D eigenvalue weighted by Gasteiger charge is -2.24. The van der Waals surface area contributed by atoms with E-state index in [1.165, 1.54) is 12.1 Å². The van der Waals surface area contributed by atoms with Crippen molar-refractivity contribution in [2.45, 2.75) is 18.9 Å². The van der Waals surface area contributed by atoms with Crippen LogP contribution in [0, 0.1) is 11.6 Å². The molecule has 1 aromatic rings. The number of halogens is 3. The molecular formula is C11H12BrF2NS. The van der Waals surface area contributed by atoms with Crippen LogP contribution in [-0.4, -0.2) is 17.5 Å². The summed E-state index contributed by atoms with van der Waals surface area (Å²) in [4.78, 5) is 0. The van der Waals surface area contributed by atoms with Gasteiger partial charge in [0.15, 0.2) is 0 Å². The third-order valence-corrected chi connectivity index (χ3v) is 4.19. The number of hydrogen-bond donors (Lipinski definition) is 1. The van der Waals surface area contributed by atoms with Crippen LogP contribution in [-0.2, 0) is 0 Å². The Balaban J connectivity index is 2.14. The van der Waals surface area contributed by atoms with Crippen LogP contribution in [0.2, 0.25) is 0 Å². The SMILES string of the molecule is Fc1cc(Br)cc(F)c1NC1CCCSC1. The molecule has 1 aliphatic rings. The van der Waals surface area contributed by atoms with Gasteiger partial charge in [0.05, 0.1) is 0 Å². The van der Waals surface area contributed by atoms with Crippen LogP contribution < -0.4 is 5.32 Å². The Morgan fingerprint density at radius 3 is 2.56 bits per heavy atom. The smallest absolute Gasteiger partial charge is 0.150 e. The number of nitrogens with one attached hydrogen (secondary N) is 1. The van der Waals surface area contributed by atoms with Gasteiger partial charge in [-0.05, 0) is 30.7 Å². The Morgan fingerprint density at radius 1 is 1.31 bits per heavy atom. The Bertz CT molecular complexity index is 357. The van der Waals surface area contributed by atoms with Crippen LogP contribution >= 0.6 is 27.7 Å². The van der Waals surface area contributed by atoms with Gasteiger partial charge in [0.1, 0.15) is 17.3 Å².